The van der Waals surface area contributed by atoms with E-state index in [1.807, 2.05) is 26.8 Å². The molecule has 0 amide bonds. The van der Waals surface area contributed by atoms with Gasteiger partial charge in [-0.05, 0) is 49.1 Å². The van der Waals surface area contributed by atoms with Gasteiger partial charge in [0.15, 0.2) is 0 Å². The average molecular weight is 227 g/mol. The second kappa shape index (κ2) is 4.77. The Morgan fingerprint density at radius 3 is 2.40 bits per heavy atom. The van der Waals surface area contributed by atoms with Crippen LogP contribution >= 0.6 is 0 Å². The number of ether oxygens (including phenoxy) is 1. The minimum atomic E-state index is -2.04. The van der Waals surface area contributed by atoms with Crippen molar-refractivity contribution in [3.8, 4) is 5.75 Å². The van der Waals surface area contributed by atoms with Gasteiger partial charge in [0, 0.05) is 5.75 Å². The Hall–Kier alpha value is -0.870. The second-order valence-corrected chi connectivity index (χ2v) is 4.47. The zero-order chi connectivity index (χ0) is 11.6. The molecular weight excluding hydrogens is 212 g/mol. The van der Waals surface area contributed by atoms with Crippen LogP contribution in [0, 0.1) is 20.8 Å². The lowest BCUT2D eigenvalue weighted by molar-refractivity contribution is 0.410. The van der Waals surface area contributed by atoms with E-state index in [0.29, 0.717) is 0 Å². The monoisotopic (exact) mass is 227 g/mol. The van der Waals surface area contributed by atoms with Gasteiger partial charge in [-0.3, -0.25) is 4.21 Å². The number of rotatable bonds is 3. The van der Waals surface area contributed by atoms with Crippen LogP contribution in [-0.4, -0.2) is 15.9 Å². The van der Waals surface area contributed by atoms with Crippen LogP contribution in [0.1, 0.15) is 22.3 Å². The first kappa shape index (κ1) is 12.2. The van der Waals surface area contributed by atoms with Crippen molar-refractivity contribution in [1.82, 2.24) is 0 Å². The third kappa shape index (κ3) is 2.58. The van der Waals surface area contributed by atoms with Crippen LogP contribution < -0.4 is 4.74 Å². The summed E-state index contributed by atoms with van der Waals surface area (Å²) in [6.07, 6.45) is 0. The first-order chi connectivity index (χ1) is 6.97. The lowest BCUT2D eigenvalue weighted by atomic mass is 9.99. The highest BCUT2D eigenvalue weighted by molar-refractivity contribution is 7.78. The third-order valence-corrected chi connectivity index (χ3v) is 3.21. The summed E-state index contributed by atoms with van der Waals surface area (Å²) in [6.45, 7) is 5.76. The second-order valence-electron chi connectivity index (χ2n) is 3.57. The molecule has 0 saturated carbocycles. The Kier molecular flexibility index (Phi) is 3.88. The zero-order valence-corrected chi connectivity index (χ0v) is 10.2. The molecule has 0 heterocycles. The van der Waals surface area contributed by atoms with Crippen molar-refractivity contribution in [2.75, 3.05) is 7.11 Å². The Bertz CT molecular complexity index is 399. The van der Waals surface area contributed by atoms with E-state index in [1.54, 1.807) is 7.11 Å². The number of hydrogen-bond donors (Lipinski definition) is 0. The van der Waals surface area contributed by atoms with Gasteiger partial charge in [-0.2, -0.15) is 0 Å². The fraction of sp³-hybridized carbons (Fsp3) is 0.455. The summed E-state index contributed by atoms with van der Waals surface area (Å²) in [5.41, 5.74) is 3.83. The van der Waals surface area contributed by atoms with Gasteiger partial charge in [0.1, 0.15) is 5.75 Å². The quantitative estimate of drug-likeness (QED) is 0.742. The average Bonchev–Trinajstić information content (AvgIpc) is 2.18. The maximum absolute atomic E-state index is 10.7. The van der Waals surface area contributed by atoms with E-state index < -0.39 is 11.1 Å². The number of aryl methyl sites for hydroxylation is 1. The van der Waals surface area contributed by atoms with Gasteiger partial charge in [0.05, 0.1) is 7.11 Å². The molecule has 0 N–H and O–H groups in total. The molecule has 84 valence electrons. The molecule has 15 heavy (non-hydrogen) atoms. The van der Waals surface area contributed by atoms with Gasteiger partial charge >= 0.3 is 0 Å². The van der Waals surface area contributed by atoms with E-state index in [2.05, 4.69) is 0 Å². The highest BCUT2D eigenvalue weighted by Gasteiger charge is 2.10. The fourth-order valence-corrected chi connectivity index (χ4v) is 2.33. The van der Waals surface area contributed by atoms with Crippen LogP contribution in [0.2, 0.25) is 0 Å². The highest BCUT2D eigenvalue weighted by atomic mass is 32.2. The van der Waals surface area contributed by atoms with Crippen LogP contribution in [0.5, 0.6) is 5.75 Å². The molecule has 0 aliphatic carbocycles. The minimum absolute atomic E-state index is 0.0719. The molecule has 3 nitrogen and oxygen atoms in total. The first-order valence-corrected chi connectivity index (χ1v) is 5.91. The molecule has 1 rings (SSSR count). The summed E-state index contributed by atoms with van der Waals surface area (Å²) in [6, 6.07) is 1.88. The summed E-state index contributed by atoms with van der Waals surface area (Å²) in [4.78, 5) is 0. The molecular formula is C11H15O3S-. The molecule has 0 fully saturated rings. The lowest BCUT2D eigenvalue weighted by Crippen LogP contribution is -2.02. The number of methoxy groups -OCH3 is 1. The summed E-state index contributed by atoms with van der Waals surface area (Å²) in [7, 11) is 1.62. The molecule has 4 heteroatoms. The van der Waals surface area contributed by atoms with Crippen LogP contribution in [-0.2, 0) is 16.8 Å². The zero-order valence-electron chi connectivity index (χ0n) is 9.42. The van der Waals surface area contributed by atoms with Crippen molar-refractivity contribution in [3.05, 3.63) is 28.3 Å². The Morgan fingerprint density at radius 1 is 1.33 bits per heavy atom. The summed E-state index contributed by atoms with van der Waals surface area (Å²) < 4.78 is 26.6. The molecule has 0 saturated heterocycles. The molecule has 0 aliphatic heterocycles. The number of hydrogen-bond acceptors (Lipinski definition) is 3. The van der Waals surface area contributed by atoms with Gasteiger partial charge < -0.3 is 9.29 Å². The SMILES string of the molecule is COc1cc(C)c(CS(=O)[O-])c(C)c1C. The fourth-order valence-electron chi connectivity index (χ4n) is 1.65. The van der Waals surface area contributed by atoms with Crippen molar-refractivity contribution in [2.24, 2.45) is 0 Å². The van der Waals surface area contributed by atoms with Crippen molar-refractivity contribution in [1.29, 1.82) is 0 Å². The van der Waals surface area contributed by atoms with Crippen LogP contribution in [0.25, 0.3) is 0 Å². The minimum Gasteiger partial charge on any atom is -0.772 e. The molecule has 1 aromatic rings. The largest absolute Gasteiger partial charge is 0.772 e. The van der Waals surface area contributed by atoms with Crippen molar-refractivity contribution in [2.45, 2.75) is 26.5 Å². The van der Waals surface area contributed by atoms with Crippen LogP contribution in [0.3, 0.4) is 0 Å². The van der Waals surface area contributed by atoms with E-state index in [1.165, 1.54) is 0 Å². The maximum atomic E-state index is 10.7. The molecule has 0 aliphatic rings. The van der Waals surface area contributed by atoms with E-state index >= 15 is 0 Å². The molecule has 1 atom stereocenters. The predicted molar refractivity (Wildman–Crippen MR) is 59.8 cm³/mol. The van der Waals surface area contributed by atoms with Crippen molar-refractivity contribution < 1.29 is 13.5 Å². The standard InChI is InChI=1S/C11H16O3S/c1-7-5-11(14-4)9(3)8(2)10(7)6-15(12)13/h5H,6H2,1-4H3,(H,12,13)/p-1. The smallest absolute Gasteiger partial charge is 0.122 e. The van der Waals surface area contributed by atoms with Gasteiger partial charge in [-0.25, -0.2) is 0 Å². The number of benzene rings is 1. The Labute approximate surface area is 92.7 Å². The normalized spacial score (nSPS) is 12.6. The van der Waals surface area contributed by atoms with E-state index in [4.69, 9.17) is 4.74 Å². The van der Waals surface area contributed by atoms with Crippen LogP contribution in [0.15, 0.2) is 6.07 Å². The summed E-state index contributed by atoms with van der Waals surface area (Å²) >= 11 is -2.04. The Morgan fingerprint density at radius 2 is 1.93 bits per heavy atom. The molecule has 0 radical (unpaired) electrons. The highest BCUT2D eigenvalue weighted by Crippen LogP contribution is 2.27. The van der Waals surface area contributed by atoms with Crippen molar-refractivity contribution >= 4 is 11.1 Å². The summed E-state index contributed by atoms with van der Waals surface area (Å²) in [5.74, 6) is 0.883. The molecule has 1 aromatic carbocycles. The van der Waals surface area contributed by atoms with Gasteiger partial charge in [-0.15, -0.1) is 0 Å². The van der Waals surface area contributed by atoms with Gasteiger partial charge in [0.25, 0.3) is 0 Å². The third-order valence-electron chi connectivity index (χ3n) is 2.69. The van der Waals surface area contributed by atoms with E-state index in [-0.39, 0.29) is 5.75 Å². The molecule has 0 bridgehead atoms. The van der Waals surface area contributed by atoms with E-state index in [0.717, 1.165) is 28.0 Å². The molecule has 0 spiro atoms. The maximum Gasteiger partial charge on any atom is 0.122 e. The van der Waals surface area contributed by atoms with E-state index in [9.17, 15) is 8.76 Å². The van der Waals surface area contributed by atoms with Gasteiger partial charge in [-0.1, -0.05) is 11.1 Å². The van der Waals surface area contributed by atoms with Crippen LogP contribution in [0.4, 0.5) is 0 Å². The summed E-state index contributed by atoms with van der Waals surface area (Å²) in [5, 5.41) is 0. The Balaban J connectivity index is 3.29. The molecule has 1 unspecified atom stereocenters. The lowest BCUT2D eigenvalue weighted by Gasteiger charge is -2.16. The molecule has 0 aromatic heterocycles. The topological polar surface area (TPSA) is 49.4 Å². The first-order valence-electron chi connectivity index (χ1n) is 4.67. The van der Waals surface area contributed by atoms with Crippen molar-refractivity contribution in [3.63, 3.8) is 0 Å². The van der Waals surface area contributed by atoms with Gasteiger partial charge in [0.2, 0.25) is 0 Å². The predicted octanol–water partition coefficient (Wildman–Crippen LogP) is 2.00.